The lowest BCUT2D eigenvalue weighted by atomic mass is 10.2. The molecule has 0 spiro atoms. The zero-order valence-electron chi connectivity index (χ0n) is 7.62. The highest BCUT2D eigenvalue weighted by Crippen LogP contribution is 2.05. The summed E-state index contributed by atoms with van der Waals surface area (Å²) in [6, 6.07) is 0. The highest BCUT2D eigenvalue weighted by Gasteiger charge is 2.02. The number of hydrogen-bond acceptors (Lipinski definition) is 2. The molecule has 0 rings (SSSR count). The standard InChI is InChI=1S/C8H18O3S/c1-2-3-4-5-6-7-8-12(9,10)11/h2-8H2,1H3,(H,9,10,11)/i7+1,8+1. The lowest BCUT2D eigenvalue weighted by Gasteiger charge is -1.98. The fraction of sp³-hybridized carbons (Fsp3) is 1.00. The third-order valence-electron chi connectivity index (χ3n) is 1.76. The molecule has 74 valence electrons. The molecule has 0 aromatic rings. The van der Waals surface area contributed by atoms with Crippen LogP contribution in [0.2, 0.25) is 0 Å². The molecule has 0 amide bonds. The van der Waals surface area contributed by atoms with E-state index in [1.165, 1.54) is 19.3 Å². The second-order valence-electron chi connectivity index (χ2n) is 3.05. The van der Waals surface area contributed by atoms with Crippen molar-refractivity contribution in [3.8, 4) is 0 Å². The monoisotopic (exact) mass is 196 g/mol. The van der Waals surface area contributed by atoms with Crippen molar-refractivity contribution in [2.75, 3.05) is 5.75 Å². The fourth-order valence-electron chi connectivity index (χ4n) is 1.06. The quantitative estimate of drug-likeness (QED) is 0.386. The molecule has 0 aliphatic heterocycles. The topological polar surface area (TPSA) is 54.4 Å². The van der Waals surface area contributed by atoms with Crippen molar-refractivity contribution < 1.29 is 13.0 Å². The molecule has 0 unspecified atom stereocenters. The Morgan fingerprint density at radius 3 is 2.00 bits per heavy atom. The van der Waals surface area contributed by atoms with Crippen LogP contribution in [0, 0.1) is 0 Å². The van der Waals surface area contributed by atoms with Gasteiger partial charge in [0.05, 0.1) is 5.75 Å². The highest BCUT2D eigenvalue weighted by molar-refractivity contribution is 7.85. The first-order chi connectivity index (χ1) is 5.56. The van der Waals surface area contributed by atoms with Crippen LogP contribution in [0.1, 0.15) is 45.4 Å². The maximum Gasteiger partial charge on any atom is 0.264 e. The first kappa shape index (κ1) is 11.9. The van der Waals surface area contributed by atoms with E-state index in [-0.39, 0.29) is 5.75 Å². The summed E-state index contributed by atoms with van der Waals surface area (Å²) in [4.78, 5) is 0. The van der Waals surface area contributed by atoms with Gasteiger partial charge in [0.15, 0.2) is 0 Å². The molecule has 0 bridgehead atoms. The Kier molecular flexibility index (Phi) is 6.38. The molecule has 0 aromatic carbocycles. The summed E-state index contributed by atoms with van der Waals surface area (Å²) in [6.45, 7) is 2.14. The largest absolute Gasteiger partial charge is 0.286 e. The van der Waals surface area contributed by atoms with Gasteiger partial charge in [0.25, 0.3) is 10.1 Å². The van der Waals surface area contributed by atoms with Crippen molar-refractivity contribution in [3.05, 3.63) is 0 Å². The third kappa shape index (κ3) is 9.91. The maximum atomic E-state index is 10.3. The Morgan fingerprint density at radius 2 is 1.50 bits per heavy atom. The third-order valence-corrected chi connectivity index (χ3v) is 2.56. The van der Waals surface area contributed by atoms with Crippen molar-refractivity contribution in [1.82, 2.24) is 0 Å². The minimum atomic E-state index is -3.72. The summed E-state index contributed by atoms with van der Waals surface area (Å²) in [5.41, 5.74) is 0. The van der Waals surface area contributed by atoms with Gasteiger partial charge in [-0.25, -0.2) is 0 Å². The first-order valence-electron chi connectivity index (χ1n) is 4.51. The lowest BCUT2D eigenvalue weighted by Crippen LogP contribution is -2.03. The summed E-state index contributed by atoms with van der Waals surface area (Å²) in [5.74, 6) is -0.0842. The number of hydrogen-bond donors (Lipinski definition) is 1. The van der Waals surface area contributed by atoms with Gasteiger partial charge >= 0.3 is 0 Å². The van der Waals surface area contributed by atoms with E-state index in [0.29, 0.717) is 6.42 Å². The Bertz CT molecular complexity index is 184. The molecule has 4 heteroatoms. The predicted octanol–water partition coefficient (Wildman–Crippen LogP) is 2.23. The predicted molar refractivity (Wildman–Crippen MR) is 49.8 cm³/mol. The van der Waals surface area contributed by atoms with Crippen LogP contribution in [0.25, 0.3) is 0 Å². The molecular weight excluding hydrogens is 178 g/mol. The first-order valence-corrected chi connectivity index (χ1v) is 6.12. The van der Waals surface area contributed by atoms with E-state index >= 15 is 0 Å². The van der Waals surface area contributed by atoms with Crippen LogP contribution in [-0.4, -0.2) is 18.7 Å². The summed E-state index contributed by atoms with van der Waals surface area (Å²) in [5, 5.41) is 0. The van der Waals surface area contributed by atoms with Crippen LogP contribution >= 0.6 is 0 Å². The summed E-state index contributed by atoms with van der Waals surface area (Å²) in [7, 11) is -3.72. The van der Waals surface area contributed by atoms with E-state index < -0.39 is 10.1 Å². The second-order valence-corrected chi connectivity index (χ2v) is 4.63. The molecule has 0 atom stereocenters. The van der Waals surface area contributed by atoms with Crippen molar-refractivity contribution in [2.45, 2.75) is 45.4 Å². The van der Waals surface area contributed by atoms with Gasteiger partial charge < -0.3 is 0 Å². The second kappa shape index (κ2) is 6.43. The van der Waals surface area contributed by atoms with E-state index in [9.17, 15) is 8.42 Å². The van der Waals surface area contributed by atoms with Crippen LogP contribution in [0.4, 0.5) is 0 Å². The average Bonchev–Trinajstić information content (AvgIpc) is 1.94. The van der Waals surface area contributed by atoms with Crippen LogP contribution in [-0.2, 0) is 10.1 Å². The summed E-state index contributed by atoms with van der Waals surface area (Å²) in [6.07, 6.45) is 6.14. The molecule has 0 saturated heterocycles. The Morgan fingerprint density at radius 1 is 1.00 bits per heavy atom. The van der Waals surface area contributed by atoms with Crippen molar-refractivity contribution in [3.63, 3.8) is 0 Å². The van der Waals surface area contributed by atoms with Crippen molar-refractivity contribution in [2.24, 2.45) is 0 Å². The summed E-state index contributed by atoms with van der Waals surface area (Å²) >= 11 is 0. The molecule has 12 heavy (non-hydrogen) atoms. The number of rotatable bonds is 7. The van der Waals surface area contributed by atoms with Gasteiger partial charge in [-0.2, -0.15) is 8.42 Å². The van der Waals surface area contributed by atoms with E-state index in [4.69, 9.17) is 4.55 Å². The summed E-state index contributed by atoms with van der Waals surface area (Å²) < 4.78 is 28.9. The van der Waals surface area contributed by atoms with Gasteiger partial charge in [-0.1, -0.05) is 39.0 Å². The van der Waals surface area contributed by atoms with Crippen LogP contribution in [0.15, 0.2) is 0 Å². The van der Waals surface area contributed by atoms with Crippen molar-refractivity contribution >= 4 is 10.1 Å². The number of unbranched alkanes of at least 4 members (excludes halogenated alkanes) is 5. The molecule has 0 saturated carbocycles. The van der Waals surface area contributed by atoms with E-state index in [1.807, 2.05) is 0 Å². The highest BCUT2D eigenvalue weighted by atomic mass is 32.2. The van der Waals surface area contributed by atoms with Gasteiger partial charge in [0.1, 0.15) is 0 Å². The van der Waals surface area contributed by atoms with Crippen LogP contribution in [0.3, 0.4) is 0 Å². The maximum absolute atomic E-state index is 10.3. The Hall–Kier alpha value is -0.0900. The SMILES string of the molecule is CCCCCC[13CH2][13CH2]S(=O)(=O)O. The molecule has 0 fully saturated rings. The molecular formula is C8H18O3S. The molecule has 0 aliphatic rings. The minimum absolute atomic E-state index is 0.0842. The van der Waals surface area contributed by atoms with Gasteiger partial charge in [-0.15, -0.1) is 0 Å². The van der Waals surface area contributed by atoms with E-state index in [0.717, 1.165) is 12.8 Å². The molecule has 0 heterocycles. The average molecular weight is 196 g/mol. The normalized spacial score (nSPS) is 11.8. The van der Waals surface area contributed by atoms with Gasteiger partial charge in [0, 0.05) is 0 Å². The van der Waals surface area contributed by atoms with Gasteiger partial charge in [-0.3, -0.25) is 4.55 Å². The molecule has 0 aliphatic carbocycles. The van der Waals surface area contributed by atoms with Gasteiger partial charge in [0.2, 0.25) is 0 Å². The molecule has 3 nitrogen and oxygen atoms in total. The zero-order valence-corrected chi connectivity index (χ0v) is 8.44. The smallest absolute Gasteiger partial charge is 0.264 e. The Balaban J connectivity index is 3.12. The molecule has 0 aromatic heterocycles. The minimum Gasteiger partial charge on any atom is -0.286 e. The van der Waals surface area contributed by atoms with Crippen LogP contribution < -0.4 is 0 Å². The van der Waals surface area contributed by atoms with Crippen LogP contribution in [0.5, 0.6) is 0 Å². The Labute approximate surface area is 74.9 Å². The van der Waals surface area contributed by atoms with Gasteiger partial charge in [-0.05, 0) is 6.42 Å². The zero-order chi connectivity index (χ0) is 9.45. The molecule has 0 radical (unpaired) electrons. The van der Waals surface area contributed by atoms with Crippen molar-refractivity contribution in [1.29, 1.82) is 0 Å². The van der Waals surface area contributed by atoms with E-state index in [2.05, 4.69) is 6.92 Å². The fourth-order valence-corrected chi connectivity index (χ4v) is 1.63. The molecule has 1 N–H and O–H groups in total. The van der Waals surface area contributed by atoms with E-state index in [1.54, 1.807) is 0 Å². The lowest BCUT2D eigenvalue weighted by molar-refractivity contribution is 0.478.